The summed E-state index contributed by atoms with van der Waals surface area (Å²) in [4.78, 5) is 1.35. The van der Waals surface area contributed by atoms with Gasteiger partial charge in [0.15, 0.2) is 0 Å². The molecule has 1 rings (SSSR count). The van der Waals surface area contributed by atoms with Gasteiger partial charge in [0.2, 0.25) is 0 Å². The molecule has 0 bridgehead atoms. The van der Waals surface area contributed by atoms with Crippen LogP contribution in [0.2, 0.25) is 0 Å². The van der Waals surface area contributed by atoms with Gasteiger partial charge in [-0.3, -0.25) is 0 Å². The summed E-state index contributed by atoms with van der Waals surface area (Å²) in [5.74, 6) is 0. The lowest BCUT2D eigenvalue weighted by Crippen LogP contribution is -2.18. The summed E-state index contributed by atoms with van der Waals surface area (Å²) in [6.07, 6.45) is 3.15. The van der Waals surface area contributed by atoms with Gasteiger partial charge in [0.25, 0.3) is 0 Å². The summed E-state index contributed by atoms with van der Waals surface area (Å²) in [6.45, 7) is 2.70. The molecule has 0 aliphatic carbocycles. The van der Waals surface area contributed by atoms with Crippen molar-refractivity contribution in [1.82, 2.24) is 5.32 Å². The molecule has 0 atom stereocenters. The predicted octanol–water partition coefficient (Wildman–Crippen LogP) is 1.85. The maximum Gasteiger partial charge on any atom is 0.0216 e. The second-order valence-electron chi connectivity index (χ2n) is 3.13. The SMILES string of the molecule is CSc1ccccc1CNCCCN. The third-order valence-electron chi connectivity index (χ3n) is 2.07. The molecule has 0 radical (unpaired) electrons. The van der Waals surface area contributed by atoms with E-state index in [4.69, 9.17) is 5.73 Å². The average molecular weight is 210 g/mol. The standard InChI is InChI=1S/C11H18N2S/c1-14-11-6-3-2-5-10(11)9-13-8-4-7-12/h2-3,5-6,13H,4,7-9,12H2,1H3. The predicted molar refractivity (Wildman–Crippen MR) is 63.6 cm³/mol. The molecule has 0 aliphatic rings. The van der Waals surface area contributed by atoms with Crippen LogP contribution < -0.4 is 11.1 Å². The second-order valence-corrected chi connectivity index (χ2v) is 3.98. The van der Waals surface area contributed by atoms with Crippen LogP contribution in [0.15, 0.2) is 29.2 Å². The Balaban J connectivity index is 2.41. The number of rotatable bonds is 6. The molecule has 78 valence electrons. The van der Waals surface area contributed by atoms with Crippen molar-refractivity contribution in [3.63, 3.8) is 0 Å². The van der Waals surface area contributed by atoms with Gasteiger partial charge in [-0.05, 0) is 37.4 Å². The zero-order valence-corrected chi connectivity index (χ0v) is 9.44. The highest BCUT2D eigenvalue weighted by Crippen LogP contribution is 2.19. The number of hydrogen-bond acceptors (Lipinski definition) is 3. The molecule has 3 N–H and O–H groups in total. The van der Waals surface area contributed by atoms with E-state index in [0.29, 0.717) is 0 Å². The van der Waals surface area contributed by atoms with E-state index in [9.17, 15) is 0 Å². The average Bonchev–Trinajstić information content (AvgIpc) is 2.25. The fraction of sp³-hybridized carbons (Fsp3) is 0.455. The number of nitrogens with one attached hydrogen (secondary N) is 1. The quantitative estimate of drug-likeness (QED) is 0.556. The van der Waals surface area contributed by atoms with Crippen molar-refractivity contribution in [2.24, 2.45) is 5.73 Å². The van der Waals surface area contributed by atoms with Gasteiger partial charge >= 0.3 is 0 Å². The summed E-state index contributed by atoms with van der Waals surface area (Å²) in [6, 6.07) is 8.49. The molecule has 14 heavy (non-hydrogen) atoms. The van der Waals surface area contributed by atoms with E-state index in [0.717, 1.165) is 26.1 Å². The van der Waals surface area contributed by atoms with Crippen molar-refractivity contribution in [2.75, 3.05) is 19.3 Å². The molecule has 0 heterocycles. The van der Waals surface area contributed by atoms with Gasteiger partial charge in [-0.2, -0.15) is 0 Å². The Bertz CT molecular complexity index is 263. The molecule has 1 aromatic carbocycles. The second kappa shape index (κ2) is 6.87. The van der Waals surface area contributed by atoms with E-state index >= 15 is 0 Å². The summed E-state index contributed by atoms with van der Waals surface area (Å²) in [5.41, 5.74) is 6.79. The molecule has 0 fully saturated rings. The minimum Gasteiger partial charge on any atom is -0.330 e. The summed E-state index contributed by atoms with van der Waals surface area (Å²) < 4.78 is 0. The first-order valence-electron chi connectivity index (χ1n) is 4.91. The monoisotopic (exact) mass is 210 g/mol. The van der Waals surface area contributed by atoms with Crippen LogP contribution in [-0.2, 0) is 6.54 Å². The van der Waals surface area contributed by atoms with Crippen molar-refractivity contribution < 1.29 is 0 Å². The van der Waals surface area contributed by atoms with Crippen LogP contribution in [0.25, 0.3) is 0 Å². The normalized spacial score (nSPS) is 10.4. The van der Waals surface area contributed by atoms with Gasteiger partial charge in [0, 0.05) is 11.4 Å². The highest BCUT2D eigenvalue weighted by molar-refractivity contribution is 7.98. The third-order valence-corrected chi connectivity index (χ3v) is 2.90. The molecule has 0 amide bonds. The Hall–Kier alpha value is -0.510. The van der Waals surface area contributed by atoms with Gasteiger partial charge in [-0.25, -0.2) is 0 Å². The minimum atomic E-state index is 0.761. The fourth-order valence-electron chi connectivity index (χ4n) is 1.30. The summed E-state index contributed by atoms with van der Waals surface area (Å²) in [7, 11) is 0. The first-order chi connectivity index (χ1) is 6.88. The number of nitrogens with two attached hydrogens (primary N) is 1. The van der Waals surface area contributed by atoms with Crippen LogP contribution >= 0.6 is 11.8 Å². The summed E-state index contributed by atoms with van der Waals surface area (Å²) in [5, 5.41) is 3.38. The molecular weight excluding hydrogens is 192 g/mol. The smallest absolute Gasteiger partial charge is 0.0216 e. The Labute approximate surface area is 90.3 Å². The molecule has 0 saturated heterocycles. The van der Waals surface area contributed by atoms with Crippen LogP contribution in [0.1, 0.15) is 12.0 Å². The van der Waals surface area contributed by atoms with E-state index in [1.807, 2.05) is 0 Å². The van der Waals surface area contributed by atoms with Gasteiger partial charge < -0.3 is 11.1 Å². The Morgan fingerprint density at radius 1 is 1.36 bits per heavy atom. The van der Waals surface area contributed by atoms with Gasteiger partial charge in [-0.15, -0.1) is 11.8 Å². The van der Waals surface area contributed by atoms with Crippen LogP contribution in [0, 0.1) is 0 Å². The van der Waals surface area contributed by atoms with Crippen molar-refractivity contribution in [3.05, 3.63) is 29.8 Å². The molecule has 0 saturated carbocycles. The lowest BCUT2D eigenvalue weighted by molar-refractivity contribution is 0.650. The molecule has 0 aromatic heterocycles. The lowest BCUT2D eigenvalue weighted by Gasteiger charge is -2.07. The first-order valence-corrected chi connectivity index (χ1v) is 6.13. The zero-order valence-electron chi connectivity index (χ0n) is 8.62. The van der Waals surface area contributed by atoms with Crippen LogP contribution in [0.3, 0.4) is 0 Å². The first kappa shape index (κ1) is 11.6. The Morgan fingerprint density at radius 3 is 2.86 bits per heavy atom. The fourth-order valence-corrected chi connectivity index (χ4v) is 1.92. The van der Waals surface area contributed by atoms with Crippen molar-refractivity contribution in [3.8, 4) is 0 Å². The maximum absolute atomic E-state index is 5.42. The number of thioether (sulfide) groups is 1. The van der Waals surface area contributed by atoms with Gasteiger partial charge in [0.1, 0.15) is 0 Å². The Morgan fingerprint density at radius 2 is 2.14 bits per heavy atom. The highest BCUT2D eigenvalue weighted by Gasteiger charge is 1.98. The molecule has 0 unspecified atom stereocenters. The van der Waals surface area contributed by atoms with Gasteiger partial charge in [0.05, 0.1) is 0 Å². The molecule has 3 heteroatoms. The van der Waals surface area contributed by atoms with Crippen molar-refractivity contribution in [1.29, 1.82) is 0 Å². The van der Waals surface area contributed by atoms with Crippen molar-refractivity contribution >= 4 is 11.8 Å². The number of hydrogen-bond donors (Lipinski definition) is 2. The molecule has 2 nitrogen and oxygen atoms in total. The number of benzene rings is 1. The van der Waals surface area contributed by atoms with E-state index in [-0.39, 0.29) is 0 Å². The van der Waals surface area contributed by atoms with Crippen LogP contribution in [0.4, 0.5) is 0 Å². The lowest BCUT2D eigenvalue weighted by atomic mass is 10.2. The third kappa shape index (κ3) is 3.70. The van der Waals surface area contributed by atoms with Gasteiger partial charge in [-0.1, -0.05) is 18.2 Å². The summed E-state index contributed by atoms with van der Waals surface area (Å²) >= 11 is 1.79. The van der Waals surface area contributed by atoms with E-state index in [2.05, 4.69) is 35.8 Å². The molecular formula is C11H18N2S. The topological polar surface area (TPSA) is 38.0 Å². The largest absolute Gasteiger partial charge is 0.330 e. The van der Waals surface area contributed by atoms with E-state index < -0.39 is 0 Å². The van der Waals surface area contributed by atoms with Crippen LogP contribution in [-0.4, -0.2) is 19.3 Å². The maximum atomic E-state index is 5.42. The van der Waals surface area contributed by atoms with E-state index in [1.165, 1.54) is 10.5 Å². The van der Waals surface area contributed by atoms with Crippen molar-refractivity contribution in [2.45, 2.75) is 17.9 Å². The zero-order chi connectivity index (χ0) is 10.2. The van der Waals surface area contributed by atoms with Crippen LogP contribution in [0.5, 0.6) is 0 Å². The minimum absolute atomic E-state index is 0.761. The molecule has 1 aromatic rings. The molecule has 0 aliphatic heterocycles. The van der Waals surface area contributed by atoms with E-state index in [1.54, 1.807) is 11.8 Å². The highest BCUT2D eigenvalue weighted by atomic mass is 32.2. The molecule has 0 spiro atoms. The Kier molecular flexibility index (Phi) is 5.68.